The molecule has 6 nitrogen and oxygen atoms in total. The number of nitrogens with one attached hydrogen (secondary N) is 2. The minimum absolute atomic E-state index is 0.0510. The zero-order valence-corrected chi connectivity index (χ0v) is 12.8. The summed E-state index contributed by atoms with van der Waals surface area (Å²) in [5.41, 5.74) is -0.403. The van der Waals surface area contributed by atoms with Crippen molar-refractivity contribution >= 4 is 11.8 Å². The Kier molecular flexibility index (Phi) is 6.01. The molecule has 0 aliphatic rings. The summed E-state index contributed by atoms with van der Waals surface area (Å²) in [7, 11) is 0. The summed E-state index contributed by atoms with van der Waals surface area (Å²) in [5, 5.41) is 19.0. The van der Waals surface area contributed by atoms with Gasteiger partial charge in [0, 0.05) is 18.2 Å². The van der Waals surface area contributed by atoms with Crippen LogP contribution in [0.25, 0.3) is 0 Å². The van der Waals surface area contributed by atoms with E-state index < -0.39 is 5.54 Å². The van der Waals surface area contributed by atoms with E-state index in [1.54, 1.807) is 16.9 Å². The SMILES string of the molecule is CCC(C)n1nccc1NC(=O)NC(C)(CC)CCO. The minimum Gasteiger partial charge on any atom is -0.396 e. The molecule has 1 aromatic rings. The molecule has 2 unspecified atom stereocenters. The van der Waals surface area contributed by atoms with Crippen LogP contribution in [0.2, 0.25) is 0 Å². The zero-order valence-electron chi connectivity index (χ0n) is 12.8. The predicted molar refractivity (Wildman–Crippen MR) is 79.8 cm³/mol. The van der Waals surface area contributed by atoms with Crippen molar-refractivity contribution in [1.82, 2.24) is 15.1 Å². The number of hydrogen-bond donors (Lipinski definition) is 3. The maximum atomic E-state index is 12.1. The average Bonchev–Trinajstić information content (AvgIpc) is 2.85. The average molecular weight is 282 g/mol. The fourth-order valence-electron chi connectivity index (χ4n) is 1.93. The van der Waals surface area contributed by atoms with Crippen molar-refractivity contribution in [3.8, 4) is 0 Å². The van der Waals surface area contributed by atoms with Gasteiger partial charge in [-0.15, -0.1) is 0 Å². The molecule has 1 heterocycles. The van der Waals surface area contributed by atoms with Crippen LogP contribution in [-0.2, 0) is 0 Å². The van der Waals surface area contributed by atoms with Gasteiger partial charge in [0.15, 0.2) is 0 Å². The van der Waals surface area contributed by atoms with Crippen molar-refractivity contribution in [3.63, 3.8) is 0 Å². The molecular formula is C14H26N4O2. The summed E-state index contributed by atoms with van der Waals surface area (Å²) in [6, 6.07) is 1.74. The number of aliphatic hydroxyl groups excluding tert-OH is 1. The summed E-state index contributed by atoms with van der Waals surface area (Å²) in [4.78, 5) is 12.1. The molecule has 20 heavy (non-hydrogen) atoms. The van der Waals surface area contributed by atoms with Crippen LogP contribution in [-0.4, -0.2) is 33.1 Å². The molecule has 0 bridgehead atoms. The van der Waals surface area contributed by atoms with E-state index in [-0.39, 0.29) is 18.7 Å². The maximum Gasteiger partial charge on any atom is 0.320 e. The van der Waals surface area contributed by atoms with Gasteiger partial charge in [-0.05, 0) is 33.1 Å². The van der Waals surface area contributed by atoms with Gasteiger partial charge >= 0.3 is 6.03 Å². The van der Waals surface area contributed by atoms with Gasteiger partial charge < -0.3 is 10.4 Å². The number of aliphatic hydroxyl groups is 1. The molecule has 0 spiro atoms. The van der Waals surface area contributed by atoms with Crippen molar-refractivity contribution in [1.29, 1.82) is 0 Å². The van der Waals surface area contributed by atoms with Gasteiger partial charge in [-0.25, -0.2) is 9.48 Å². The second-order valence-corrected chi connectivity index (χ2v) is 5.39. The van der Waals surface area contributed by atoms with E-state index >= 15 is 0 Å². The normalized spacial score (nSPS) is 15.4. The first-order valence-corrected chi connectivity index (χ1v) is 7.19. The van der Waals surface area contributed by atoms with Crippen LogP contribution in [0.4, 0.5) is 10.6 Å². The summed E-state index contributed by atoms with van der Waals surface area (Å²) in [5.74, 6) is 0.680. The van der Waals surface area contributed by atoms with Gasteiger partial charge in [-0.1, -0.05) is 13.8 Å². The minimum atomic E-state index is -0.403. The standard InChI is InChI=1S/C14H26N4O2/c1-5-11(3)18-12(7-9-15-18)16-13(20)17-14(4,6-2)8-10-19/h7,9,11,19H,5-6,8,10H2,1-4H3,(H2,16,17,20). The number of anilines is 1. The number of carbonyl (C=O) groups is 1. The number of aromatic nitrogens is 2. The lowest BCUT2D eigenvalue weighted by Gasteiger charge is -2.29. The number of carbonyl (C=O) groups excluding carboxylic acids is 1. The van der Waals surface area contributed by atoms with Crippen LogP contribution < -0.4 is 10.6 Å². The molecule has 0 fully saturated rings. The zero-order chi connectivity index (χ0) is 15.2. The van der Waals surface area contributed by atoms with E-state index in [0.29, 0.717) is 12.2 Å². The lowest BCUT2D eigenvalue weighted by atomic mass is 9.95. The number of rotatable bonds is 7. The Morgan fingerprint density at radius 2 is 2.25 bits per heavy atom. The molecule has 2 atom stereocenters. The monoisotopic (exact) mass is 282 g/mol. The van der Waals surface area contributed by atoms with Crippen LogP contribution in [0.1, 0.15) is 53.0 Å². The predicted octanol–water partition coefficient (Wildman–Crippen LogP) is 2.53. The van der Waals surface area contributed by atoms with Gasteiger partial charge in [-0.3, -0.25) is 5.32 Å². The fourth-order valence-corrected chi connectivity index (χ4v) is 1.93. The Balaban J connectivity index is 2.69. The first-order chi connectivity index (χ1) is 9.45. The molecule has 0 aliphatic carbocycles. The molecule has 1 aromatic heterocycles. The van der Waals surface area contributed by atoms with E-state index in [4.69, 9.17) is 5.11 Å². The van der Waals surface area contributed by atoms with E-state index in [2.05, 4.69) is 29.6 Å². The molecule has 3 N–H and O–H groups in total. The maximum absolute atomic E-state index is 12.1. The molecule has 0 saturated heterocycles. The second-order valence-electron chi connectivity index (χ2n) is 5.39. The summed E-state index contributed by atoms with van der Waals surface area (Å²) in [6.07, 6.45) is 3.90. The molecule has 2 amide bonds. The van der Waals surface area contributed by atoms with Gasteiger partial charge in [0.1, 0.15) is 5.82 Å². The smallest absolute Gasteiger partial charge is 0.320 e. The molecule has 0 radical (unpaired) electrons. The Morgan fingerprint density at radius 3 is 2.80 bits per heavy atom. The van der Waals surface area contributed by atoms with Crippen LogP contribution in [0, 0.1) is 0 Å². The lowest BCUT2D eigenvalue weighted by Crippen LogP contribution is -2.48. The van der Waals surface area contributed by atoms with E-state index in [9.17, 15) is 4.79 Å². The lowest BCUT2D eigenvalue weighted by molar-refractivity contribution is 0.208. The third-order valence-corrected chi connectivity index (χ3v) is 3.78. The van der Waals surface area contributed by atoms with Crippen molar-refractivity contribution in [2.45, 2.75) is 58.5 Å². The highest BCUT2D eigenvalue weighted by molar-refractivity contribution is 5.88. The van der Waals surface area contributed by atoms with Crippen molar-refractivity contribution in [2.24, 2.45) is 0 Å². The van der Waals surface area contributed by atoms with Gasteiger partial charge in [0.2, 0.25) is 0 Å². The van der Waals surface area contributed by atoms with Gasteiger partial charge in [-0.2, -0.15) is 5.10 Å². The molecule has 0 aliphatic heterocycles. The fraction of sp³-hybridized carbons (Fsp3) is 0.714. The Labute approximate surface area is 120 Å². The van der Waals surface area contributed by atoms with E-state index in [1.165, 1.54) is 0 Å². The topological polar surface area (TPSA) is 79.2 Å². The Bertz CT molecular complexity index is 433. The third kappa shape index (κ3) is 4.23. The van der Waals surface area contributed by atoms with E-state index in [0.717, 1.165) is 12.8 Å². The molecule has 0 aromatic carbocycles. The first-order valence-electron chi connectivity index (χ1n) is 7.19. The molecule has 6 heteroatoms. The molecule has 0 saturated carbocycles. The number of urea groups is 1. The number of hydrogen-bond acceptors (Lipinski definition) is 3. The van der Waals surface area contributed by atoms with Crippen LogP contribution >= 0.6 is 0 Å². The van der Waals surface area contributed by atoms with Gasteiger partial charge in [0.05, 0.1) is 12.2 Å². The largest absolute Gasteiger partial charge is 0.396 e. The summed E-state index contributed by atoms with van der Waals surface area (Å²) < 4.78 is 1.80. The first kappa shape index (κ1) is 16.5. The number of amides is 2. The van der Waals surface area contributed by atoms with Crippen molar-refractivity contribution in [3.05, 3.63) is 12.3 Å². The van der Waals surface area contributed by atoms with Crippen molar-refractivity contribution < 1.29 is 9.90 Å². The highest BCUT2D eigenvalue weighted by atomic mass is 16.3. The Hall–Kier alpha value is -1.56. The highest BCUT2D eigenvalue weighted by Gasteiger charge is 2.24. The van der Waals surface area contributed by atoms with Gasteiger partial charge in [0.25, 0.3) is 0 Å². The molecular weight excluding hydrogens is 256 g/mol. The summed E-state index contributed by atoms with van der Waals surface area (Å²) >= 11 is 0. The molecule has 1 rings (SSSR count). The number of nitrogens with zero attached hydrogens (tertiary/aromatic N) is 2. The summed E-state index contributed by atoms with van der Waals surface area (Å²) in [6.45, 7) is 8.09. The molecule has 114 valence electrons. The Morgan fingerprint density at radius 1 is 1.55 bits per heavy atom. The quantitative estimate of drug-likeness (QED) is 0.719. The van der Waals surface area contributed by atoms with E-state index in [1.807, 2.05) is 13.8 Å². The van der Waals surface area contributed by atoms with Crippen LogP contribution in [0.3, 0.4) is 0 Å². The highest BCUT2D eigenvalue weighted by Crippen LogP contribution is 2.17. The van der Waals surface area contributed by atoms with Crippen LogP contribution in [0.5, 0.6) is 0 Å². The van der Waals surface area contributed by atoms with Crippen LogP contribution in [0.15, 0.2) is 12.3 Å². The second kappa shape index (κ2) is 7.28. The van der Waals surface area contributed by atoms with Crippen molar-refractivity contribution in [2.75, 3.05) is 11.9 Å². The third-order valence-electron chi connectivity index (χ3n) is 3.78.